The zero-order chi connectivity index (χ0) is 43.8. The number of hydrogen-bond donors (Lipinski definition) is 8. The zero-order valence-electron chi connectivity index (χ0n) is 35.6. The number of carbonyl (C=O) groups excluding carboxylic acids is 3. The monoisotopic (exact) mass is 848 g/mol. The van der Waals surface area contributed by atoms with Crippen LogP contribution in [0.1, 0.15) is 112 Å². The first kappa shape index (κ1) is 51.0. The molecule has 2 amide bonds. The first-order valence-electron chi connectivity index (χ1n) is 21.4. The minimum absolute atomic E-state index is 0.0228. The van der Waals surface area contributed by atoms with Gasteiger partial charge in [-0.3, -0.25) is 9.59 Å². The lowest BCUT2D eigenvalue weighted by Gasteiger charge is -2.49. The molecule has 2 saturated heterocycles. The smallest absolute Gasteiger partial charge is 0.332 e. The maximum Gasteiger partial charge on any atom is 0.332 e. The highest BCUT2D eigenvalue weighted by Crippen LogP contribution is 2.39. The summed E-state index contributed by atoms with van der Waals surface area (Å²) in [5, 5.41) is 68.2. The van der Waals surface area contributed by atoms with E-state index in [4.69, 9.17) is 28.4 Å². The number of aliphatic hydroxyl groups is 5. The molecule has 0 radical (unpaired) electrons. The van der Waals surface area contributed by atoms with Crippen molar-refractivity contribution in [3.05, 3.63) is 0 Å². The predicted octanol–water partition coefficient (Wildman–Crippen LogP) is 0.940. The topological polar surface area (TPSA) is 269 Å². The Labute approximate surface area is 348 Å². The second-order valence-corrected chi connectivity index (χ2v) is 16.7. The summed E-state index contributed by atoms with van der Waals surface area (Å²) in [6.07, 6.45) is -5.52. The standard InChI is InChI=1S/C32H55NO13.C9H17NO3/c1-5-19-11-15(2)12-20(28(19)46-32-27(39)26(38)24(36)16(3)42-32)44-31-23(33-17(4)35)29(25(37)22(14-34)45-31)43-21(30(40)41)13-18-9-7-6-8-10-18;1-8(11)4-3-6-10-9(12)5-7-13-2/h15-16,18-29,31-32,34,36-39H,5-14H2,1-4H3,(H,33,35)(H,40,41);3-7H2,1-2H3,(H,10,12)/t15?,16-,19+,20+,21-,22-,23?,24?,25-,26-,27-,28?,29?,31+,32?;/m0./s1. The highest BCUT2D eigenvalue weighted by atomic mass is 16.7. The Bertz CT molecular complexity index is 1290. The Balaban J connectivity index is 0.000000615. The van der Waals surface area contributed by atoms with Crippen LogP contribution < -0.4 is 10.6 Å². The van der Waals surface area contributed by atoms with Gasteiger partial charge < -0.3 is 74.5 Å². The molecular weight excluding hydrogens is 776 g/mol. The molecule has 0 aromatic heterocycles. The maximum absolute atomic E-state index is 12.5. The molecule has 0 spiro atoms. The van der Waals surface area contributed by atoms with Gasteiger partial charge in [-0.05, 0) is 57.3 Å². The summed E-state index contributed by atoms with van der Waals surface area (Å²) in [7, 11) is 1.56. The van der Waals surface area contributed by atoms with E-state index in [0.717, 1.165) is 38.5 Å². The van der Waals surface area contributed by atoms with E-state index in [1.54, 1.807) is 21.0 Å². The normalized spacial score (nSPS) is 35.8. The fraction of sp³-hybridized carbons (Fsp3) is 0.902. The number of carboxylic acids is 1. The Hall–Kier alpha value is -2.36. The van der Waals surface area contributed by atoms with Gasteiger partial charge >= 0.3 is 5.97 Å². The minimum Gasteiger partial charge on any atom is -0.479 e. The molecule has 342 valence electrons. The molecule has 2 aliphatic heterocycles. The Morgan fingerprint density at radius 3 is 2.14 bits per heavy atom. The third-order valence-corrected chi connectivity index (χ3v) is 11.8. The SMILES string of the molecule is CC[C@@H]1CC(C)C[C@@H](O[C@@H]2O[C@@H](CO)[C@H](O)C(O[C@@H](CC3CCCCC3)C(=O)O)C2NC(C)=O)C1OC1O[C@@H](C)C(O)[C@H](O)[C@@H]1O.COCCC(=O)NCCCC(C)=O. The molecule has 6 unspecified atom stereocenters. The van der Waals surface area contributed by atoms with Gasteiger partial charge in [-0.15, -0.1) is 0 Å². The van der Waals surface area contributed by atoms with E-state index in [9.17, 15) is 49.8 Å². The van der Waals surface area contributed by atoms with Crippen molar-refractivity contribution in [2.24, 2.45) is 17.8 Å². The molecule has 0 bridgehead atoms. The molecule has 4 fully saturated rings. The third-order valence-electron chi connectivity index (χ3n) is 11.8. The van der Waals surface area contributed by atoms with Crippen LogP contribution in [0.15, 0.2) is 0 Å². The third kappa shape index (κ3) is 15.8. The zero-order valence-corrected chi connectivity index (χ0v) is 35.6. The van der Waals surface area contributed by atoms with Gasteiger partial charge in [0.15, 0.2) is 18.7 Å². The number of methoxy groups -OCH3 is 1. The number of rotatable bonds is 19. The average Bonchev–Trinajstić information content (AvgIpc) is 3.19. The van der Waals surface area contributed by atoms with Crippen LogP contribution in [0.25, 0.3) is 0 Å². The van der Waals surface area contributed by atoms with Crippen LogP contribution in [0.5, 0.6) is 0 Å². The number of hydrogen-bond acceptors (Lipinski definition) is 15. The van der Waals surface area contributed by atoms with Gasteiger partial charge in [-0.25, -0.2) is 4.79 Å². The summed E-state index contributed by atoms with van der Waals surface area (Å²) in [4.78, 5) is 46.3. The average molecular weight is 849 g/mol. The first-order valence-corrected chi connectivity index (χ1v) is 21.4. The van der Waals surface area contributed by atoms with Gasteiger partial charge in [0.1, 0.15) is 48.4 Å². The summed E-state index contributed by atoms with van der Waals surface area (Å²) in [6, 6.07) is -1.14. The van der Waals surface area contributed by atoms with Crippen LogP contribution in [-0.4, -0.2) is 161 Å². The van der Waals surface area contributed by atoms with Crippen molar-refractivity contribution in [2.75, 3.05) is 26.9 Å². The van der Waals surface area contributed by atoms with Crippen LogP contribution in [0, 0.1) is 17.8 Å². The molecule has 18 nitrogen and oxygen atoms in total. The molecule has 15 atom stereocenters. The lowest BCUT2D eigenvalue weighted by molar-refractivity contribution is -0.339. The van der Waals surface area contributed by atoms with E-state index >= 15 is 0 Å². The van der Waals surface area contributed by atoms with E-state index in [2.05, 4.69) is 17.6 Å². The first-order chi connectivity index (χ1) is 28.0. The number of nitrogens with one attached hydrogen (secondary N) is 2. The molecule has 18 heteroatoms. The van der Waals surface area contributed by atoms with Gasteiger partial charge in [-0.1, -0.05) is 52.4 Å². The van der Waals surface area contributed by atoms with Gasteiger partial charge in [0, 0.05) is 33.4 Å². The van der Waals surface area contributed by atoms with Crippen LogP contribution in [0.3, 0.4) is 0 Å². The predicted molar refractivity (Wildman–Crippen MR) is 211 cm³/mol. The van der Waals surface area contributed by atoms with Crippen molar-refractivity contribution in [1.29, 1.82) is 0 Å². The summed E-state index contributed by atoms with van der Waals surface area (Å²) in [6.45, 7) is 8.84. The molecule has 4 rings (SSSR count). The molecule has 59 heavy (non-hydrogen) atoms. The minimum atomic E-state index is -1.52. The molecule has 4 aliphatic rings. The molecular formula is C41H72N2O16. The summed E-state index contributed by atoms with van der Waals surface area (Å²) >= 11 is 0. The maximum atomic E-state index is 12.5. The molecule has 0 aromatic rings. The van der Waals surface area contributed by atoms with Crippen molar-refractivity contribution in [2.45, 2.75) is 191 Å². The van der Waals surface area contributed by atoms with Crippen molar-refractivity contribution in [3.8, 4) is 0 Å². The van der Waals surface area contributed by atoms with Crippen molar-refractivity contribution >= 4 is 23.6 Å². The van der Waals surface area contributed by atoms with Crippen molar-refractivity contribution in [3.63, 3.8) is 0 Å². The summed E-state index contributed by atoms with van der Waals surface area (Å²) in [5.74, 6) is -1.27. The second kappa shape index (κ2) is 25.5. The van der Waals surface area contributed by atoms with Gasteiger partial charge in [0.2, 0.25) is 11.8 Å². The van der Waals surface area contributed by atoms with Crippen LogP contribution in [0.2, 0.25) is 0 Å². The lowest BCUT2D eigenvalue weighted by atomic mass is 9.77. The highest BCUT2D eigenvalue weighted by Gasteiger charge is 2.52. The van der Waals surface area contributed by atoms with Crippen LogP contribution in [0.4, 0.5) is 0 Å². The fourth-order valence-electron chi connectivity index (χ4n) is 8.48. The van der Waals surface area contributed by atoms with Crippen molar-refractivity contribution in [1.82, 2.24) is 10.6 Å². The van der Waals surface area contributed by atoms with Gasteiger partial charge in [0.25, 0.3) is 0 Å². The number of ether oxygens (including phenoxy) is 6. The van der Waals surface area contributed by atoms with Crippen LogP contribution in [-0.2, 0) is 47.6 Å². The molecule has 8 N–H and O–H groups in total. The van der Waals surface area contributed by atoms with Crippen LogP contribution >= 0.6 is 0 Å². The van der Waals surface area contributed by atoms with E-state index in [1.165, 1.54) is 6.92 Å². The number of carboxylic acid groups (broad SMARTS) is 1. The second-order valence-electron chi connectivity index (χ2n) is 16.7. The number of aliphatic hydroxyl groups excluding tert-OH is 5. The highest BCUT2D eigenvalue weighted by molar-refractivity contribution is 5.77. The fourth-order valence-corrected chi connectivity index (χ4v) is 8.48. The number of carbonyl (C=O) groups is 4. The Kier molecular flexibility index (Phi) is 22.1. The summed E-state index contributed by atoms with van der Waals surface area (Å²) in [5.41, 5.74) is 0. The molecule has 0 aromatic carbocycles. The van der Waals surface area contributed by atoms with E-state index in [1.807, 2.05) is 6.92 Å². The van der Waals surface area contributed by atoms with Gasteiger partial charge in [0.05, 0.1) is 31.5 Å². The van der Waals surface area contributed by atoms with E-state index in [-0.39, 0.29) is 35.9 Å². The summed E-state index contributed by atoms with van der Waals surface area (Å²) < 4.78 is 35.5. The number of aliphatic carboxylic acids is 1. The largest absolute Gasteiger partial charge is 0.479 e. The number of ketones is 1. The van der Waals surface area contributed by atoms with E-state index < -0.39 is 98.1 Å². The van der Waals surface area contributed by atoms with E-state index in [0.29, 0.717) is 45.3 Å². The molecule has 2 aliphatic carbocycles. The lowest BCUT2D eigenvalue weighted by Crippen LogP contribution is -2.67. The Morgan fingerprint density at radius 2 is 1.54 bits per heavy atom. The van der Waals surface area contributed by atoms with Gasteiger partial charge in [-0.2, -0.15) is 0 Å². The number of amides is 2. The number of Topliss-reactive ketones (excluding diaryl/α,β-unsaturated/α-hetero) is 1. The molecule has 2 saturated carbocycles. The molecule has 2 heterocycles. The Morgan fingerprint density at radius 1 is 0.847 bits per heavy atom. The quantitative estimate of drug-likeness (QED) is 0.0841. The van der Waals surface area contributed by atoms with Crippen molar-refractivity contribution < 1.29 is 78.2 Å².